The Labute approximate surface area is 169 Å². The van der Waals surface area contributed by atoms with Crippen molar-refractivity contribution < 1.29 is 14.3 Å². The molecule has 0 saturated heterocycles. The summed E-state index contributed by atoms with van der Waals surface area (Å²) in [6, 6.07) is 24.4. The number of ether oxygens (including phenoxy) is 1. The van der Waals surface area contributed by atoms with E-state index in [1.54, 1.807) is 24.3 Å². The lowest BCUT2D eigenvalue weighted by atomic mass is 9.97. The normalized spacial score (nSPS) is 15.2. The summed E-state index contributed by atoms with van der Waals surface area (Å²) in [5, 5.41) is 5.77. The Morgan fingerprint density at radius 2 is 1.62 bits per heavy atom. The van der Waals surface area contributed by atoms with Gasteiger partial charge in [-0.15, -0.1) is 0 Å². The number of carbonyl (C=O) groups excluding carboxylic acids is 2. The van der Waals surface area contributed by atoms with E-state index in [1.807, 2.05) is 54.6 Å². The van der Waals surface area contributed by atoms with Crippen LogP contribution in [0.15, 0.2) is 78.9 Å². The molecule has 0 aromatic heterocycles. The van der Waals surface area contributed by atoms with Gasteiger partial charge in [-0.25, -0.2) is 0 Å². The molecule has 2 N–H and O–H groups in total. The standard InChI is InChI=1S/C24H22N2O3/c27-23(25-16-17-6-2-1-3-7-17)19-10-12-20(13-11-19)26-24(28)22-21-9-5-4-8-18(21)14-15-29-22/h1-13,22H,14-16H2,(H,25,27)(H,26,28)/t22-/m1/s1. The Bertz CT molecular complexity index is 1000. The third kappa shape index (κ3) is 4.52. The van der Waals surface area contributed by atoms with Gasteiger partial charge in [-0.2, -0.15) is 0 Å². The van der Waals surface area contributed by atoms with E-state index in [2.05, 4.69) is 10.6 Å². The molecule has 0 unspecified atom stereocenters. The Morgan fingerprint density at radius 1 is 0.897 bits per heavy atom. The SMILES string of the molecule is O=C(NCc1ccccc1)c1ccc(NC(=O)[C@@H]2OCCc3ccccc32)cc1. The Morgan fingerprint density at radius 3 is 2.41 bits per heavy atom. The highest BCUT2D eigenvalue weighted by Crippen LogP contribution is 2.28. The summed E-state index contributed by atoms with van der Waals surface area (Å²) in [6.45, 7) is 0.992. The van der Waals surface area contributed by atoms with Crippen LogP contribution in [0.5, 0.6) is 0 Å². The minimum atomic E-state index is -0.617. The summed E-state index contributed by atoms with van der Waals surface area (Å²) in [5.74, 6) is -0.366. The second kappa shape index (κ2) is 8.71. The molecule has 4 rings (SSSR count). The molecule has 0 fully saturated rings. The van der Waals surface area contributed by atoms with Crippen molar-refractivity contribution in [1.82, 2.24) is 5.32 Å². The molecule has 1 heterocycles. The van der Waals surface area contributed by atoms with Crippen molar-refractivity contribution in [3.05, 3.63) is 101 Å². The molecule has 5 heteroatoms. The van der Waals surface area contributed by atoms with Gasteiger partial charge in [0.05, 0.1) is 6.61 Å². The predicted octanol–water partition coefficient (Wildman–Crippen LogP) is 3.87. The molecule has 5 nitrogen and oxygen atoms in total. The van der Waals surface area contributed by atoms with Gasteiger partial charge < -0.3 is 15.4 Å². The molecular formula is C24H22N2O3. The van der Waals surface area contributed by atoms with Crippen molar-refractivity contribution in [3.8, 4) is 0 Å². The second-order valence-electron chi connectivity index (χ2n) is 6.93. The van der Waals surface area contributed by atoms with Crippen LogP contribution in [0, 0.1) is 0 Å². The zero-order valence-corrected chi connectivity index (χ0v) is 15.9. The summed E-state index contributed by atoms with van der Waals surface area (Å²) >= 11 is 0. The highest BCUT2D eigenvalue weighted by Gasteiger charge is 2.27. The number of benzene rings is 3. The largest absolute Gasteiger partial charge is 0.363 e. The highest BCUT2D eigenvalue weighted by molar-refractivity contribution is 5.97. The molecular weight excluding hydrogens is 364 g/mol. The fourth-order valence-corrected chi connectivity index (χ4v) is 3.40. The number of carbonyl (C=O) groups is 2. The van der Waals surface area contributed by atoms with E-state index in [0.717, 1.165) is 23.1 Å². The second-order valence-corrected chi connectivity index (χ2v) is 6.93. The number of rotatable bonds is 5. The van der Waals surface area contributed by atoms with Crippen molar-refractivity contribution in [2.75, 3.05) is 11.9 Å². The molecule has 0 bridgehead atoms. The molecule has 3 aromatic rings. The van der Waals surface area contributed by atoms with Crippen LogP contribution in [0.4, 0.5) is 5.69 Å². The van der Waals surface area contributed by atoms with Gasteiger partial charge in [0.15, 0.2) is 6.10 Å². The summed E-state index contributed by atoms with van der Waals surface area (Å²) in [5.41, 5.74) is 4.26. The van der Waals surface area contributed by atoms with E-state index in [1.165, 1.54) is 0 Å². The molecule has 3 aromatic carbocycles. The van der Waals surface area contributed by atoms with Gasteiger partial charge in [0.25, 0.3) is 11.8 Å². The van der Waals surface area contributed by atoms with Crippen LogP contribution in [0.25, 0.3) is 0 Å². The van der Waals surface area contributed by atoms with Crippen LogP contribution in [0.2, 0.25) is 0 Å². The predicted molar refractivity (Wildman–Crippen MR) is 112 cm³/mol. The van der Waals surface area contributed by atoms with Crippen LogP contribution in [0.1, 0.15) is 33.2 Å². The number of anilines is 1. The molecule has 1 aliphatic heterocycles. The number of hydrogen-bond acceptors (Lipinski definition) is 3. The average Bonchev–Trinajstić information content (AvgIpc) is 2.78. The summed E-state index contributed by atoms with van der Waals surface area (Å²) in [6.07, 6.45) is 0.195. The van der Waals surface area contributed by atoms with Crippen LogP contribution < -0.4 is 10.6 Å². The number of nitrogens with one attached hydrogen (secondary N) is 2. The van der Waals surface area contributed by atoms with Crippen molar-refractivity contribution in [3.63, 3.8) is 0 Å². The van der Waals surface area contributed by atoms with E-state index in [0.29, 0.717) is 24.4 Å². The first kappa shape index (κ1) is 18.9. The van der Waals surface area contributed by atoms with Gasteiger partial charge in [0.2, 0.25) is 0 Å². The zero-order chi connectivity index (χ0) is 20.1. The van der Waals surface area contributed by atoms with E-state index in [4.69, 9.17) is 4.74 Å². The maximum atomic E-state index is 12.7. The first-order valence-electron chi connectivity index (χ1n) is 9.63. The van der Waals surface area contributed by atoms with Gasteiger partial charge in [0.1, 0.15) is 0 Å². The van der Waals surface area contributed by atoms with Crippen LogP contribution in [-0.2, 0) is 22.5 Å². The maximum absolute atomic E-state index is 12.7. The Kier molecular flexibility index (Phi) is 5.68. The number of amides is 2. The van der Waals surface area contributed by atoms with E-state index in [-0.39, 0.29) is 11.8 Å². The maximum Gasteiger partial charge on any atom is 0.258 e. The first-order valence-corrected chi connectivity index (χ1v) is 9.63. The van der Waals surface area contributed by atoms with Gasteiger partial charge in [-0.1, -0.05) is 54.6 Å². The quantitative estimate of drug-likeness (QED) is 0.700. The molecule has 0 spiro atoms. The van der Waals surface area contributed by atoms with Crippen molar-refractivity contribution in [2.45, 2.75) is 19.1 Å². The lowest BCUT2D eigenvalue weighted by Gasteiger charge is -2.25. The van der Waals surface area contributed by atoms with Crippen LogP contribution >= 0.6 is 0 Å². The van der Waals surface area contributed by atoms with Gasteiger partial charge in [0, 0.05) is 17.8 Å². The zero-order valence-electron chi connectivity index (χ0n) is 15.9. The number of fused-ring (bicyclic) bond motifs is 1. The highest BCUT2D eigenvalue weighted by atomic mass is 16.5. The third-order valence-corrected chi connectivity index (χ3v) is 4.94. The molecule has 1 atom stereocenters. The lowest BCUT2D eigenvalue weighted by Crippen LogP contribution is -2.28. The fourth-order valence-electron chi connectivity index (χ4n) is 3.40. The summed E-state index contributed by atoms with van der Waals surface area (Å²) in [7, 11) is 0. The van der Waals surface area contributed by atoms with Gasteiger partial charge in [-0.3, -0.25) is 9.59 Å². The Hall–Kier alpha value is -3.44. The van der Waals surface area contributed by atoms with Crippen LogP contribution in [0.3, 0.4) is 0 Å². The molecule has 0 saturated carbocycles. The molecule has 29 heavy (non-hydrogen) atoms. The van der Waals surface area contributed by atoms with E-state index in [9.17, 15) is 9.59 Å². The Balaban J connectivity index is 1.37. The molecule has 1 aliphatic rings. The van der Waals surface area contributed by atoms with E-state index >= 15 is 0 Å². The summed E-state index contributed by atoms with van der Waals surface area (Å²) in [4.78, 5) is 25.0. The summed E-state index contributed by atoms with van der Waals surface area (Å²) < 4.78 is 5.70. The van der Waals surface area contributed by atoms with Crippen molar-refractivity contribution in [2.24, 2.45) is 0 Å². The number of hydrogen-bond donors (Lipinski definition) is 2. The monoisotopic (exact) mass is 386 g/mol. The van der Waals surface area contributed by atoms with Crippen molar-refractivity contribution >= 4 is 17.5 Å². The van der Waals surface area contributed by atoms with Gasteiger partial charge >= 0.3 is 0 Å². The van der Waals surface area contributed by atoms with E-state index < -0.39 is 6.10 Å². The minimum absolute atomic E-state index is 0.156. The molecule has 2 amide bonds. The topological polar surface area (TPSA) is 67.4 Å². The average molecular weight is 386 g/mol. The smallest absolute Gasteiger partial charge is 0.258 e. The van der Waals surface area contributed by atoms with Crippen LogP contribution in [-0.4, -0.2) is 18.4 Å². The fraction of sp³-hybridized carbons (Fsp3) is 0.167. The van der Waals surface area contributed by atoms with Gasteiger partial charge in [-0.05, 0) is 47.4 Å². The molecule has 0 aliphatic carbocycles. The first-order chi connectivity index (χ1) is 14.2. The molecule has 146 valence electrons. The molecule has 0 radical (unpaired) electrons. The van der Waals surface area contributed by atoms with Crippen molar-refractivity contribution in [1.29, 1.82) is 0 Å². The third-order valence-electron chi connectivity index (χ3n) is 4.94. The minimum Gasteiger partial charge on any atom is -0.363 e. The lowest BCUT2D eigenvalue weighted by molar-refractivity contribution is -0.128.